The Morgan fingerprint density at radius 3 is 2.70 bits per heavy atom. The van der Waals surface area contributed by atoms with Crippen molar-refractivity contribution >= 4 is 10.8 Å². The van der Waals surface area contributed by atoms with Crippen LogP contribution in [0.15, 0.2) is 36.7 Å². The van der Waals surface area contributed by atoms with E-state index in [0.717, 1.165) is 19.4 Å². The predicted molar refractivity (Wildman–Crippen MR) is 86.8 cm³/mol. The Bertz CT molecular complexity index is 549. The van der Waals surface area contributed by atoms with E-state index in [2.05, 4.69) is 62.3 Å². The van der Waals surface area contributed by atoms with E-state index in [9.17, 15) is 0 Å². The van der Waals surface area contributed by atoms with Gasteiger partial charge in [0, 0.05) is 23.8 Å². The van der Waals surface area contributed by atoms with Crippen molar-refractivity contribution in [2.24, 2.45) is 5.41 Å². The van der Waals surface area contributed by atoms with Crippen molar-refractivity contribution in [1.82, 2.24) is 10.3 Å². The topological polar surface area (TPSA) is 24.9 Å². The van der Waals surface area contributed by atoms with Gasteiger partial charge in [0.2, 0.25) is 0 Å². The maximum absolute atomic E-state index is 4.30. The molecule has 108 valence electrons. The second-order valence-corrected chi connectivity index (χ2v) is 6.72. The molecule has 1 unspecified atom stereocenters. The predicted octanol–water partition coefficient (Wildman–Crippen LogP) is 4.71. The number of hydrogen-bond acceptors (Lipinski definition) is 2. The normalized spacial score (nSPS) is 13.6. The highest BCUT2D eigenvalue weighted by Gasteiger charge is 2.21. The van der Waals surface area contributed by atoms with E-state index in [-0.39, 0.29) is 0 Å². The monoisotopic (exact) mass is 270 g/mol. The van der Waals surface area contributed by atoms with Gasteiger partial charge in [0.15, 0.2) is 0 Å². The molecule has 1 heterocycles. The molecule has 1 atom stereocenters. The summed E-state index contributed by atoms with van der Waals surface area (Å²) in [5.74, 6) is 0. The van der Waals surface area contributed by atoms with E-state index >= 15 is 0 Å². The second-order valence-electron chi connectivity index (χ2n) is 6.72. The van der Waals surface area contributed by atoms with Gasteiger partial charge in [-0.25, -0.2) is 0 Å². The first-order chi connectivity index (χ1) is 9.51. The molecular weight excluding hydrogens is 244 g/mol. The minimum Gasteiger partial charge on any atom is -0.310 e. The molecule has 0 aliphatic rings. The Hall–Kier alpha value is -1.41. The van der Waals surface area contributed by atoms with Crippen LogP contribution in [0.1, 0.15) is 52.1 Å². The van der Waals surface area contributed by atoms with E-state index in [0.29, 0.717) is 11.5 Å². The lowest BCUT2D eigenvalue weighted by atomic mass is 9.84. The number of benzene rings is 1. The van der Waals surface area contributed by atoms with Crippen LogP contribution in [0.3, 0.4) is 0 Å². The highest BCUT2D eigenvalue weighted by atomic mass is 14.9. The molecule has 2 heteroatoms. The molecular formula is C18H26N2. The van der Waals surface area contributed by atoms with E-state index in [1.165, 1.54) is 16.3 Å². The summed E-state index contributed by atoms with van der Waals surface area (Å²) in [7, 11) is 0. The molecule has 0 aliphatic heterocycles. The Morgan fingerprint density at radius 2 is 2.00 bits per heavy atom. The number of nitrogens with one attached hydrogen (secondary N) is 1. The lowest BCUT2D eigenvalue weighted by molar-refractivity contribution is 0.312. The van der Waals surface area contributed by atoms with Gasteiger partial charge < -0.3 is 5.32 Å². The quantitative estimate of drug-likeness (QED) is 0.851. The van der Waals surface area contributed by atoms with E-state index < -0.39 is 0 Å². The van der Waals surface area contributed by atoms with E-state index in [1.807, 2.05) is 12.4 Å². The number of hydrogen-bond donors (Lipinski definition) is 1. The lowest BCUT2D eigenvalue weighted by Crippen LogP contribution is -2.26. The number of aromatic nitrogens is 1. The summed E-state index contributed by atoms with van der Waals surface area (Å²) in [6, 6.07) is 9.04. The van der Waals surface area contributed by atoms with Gasteiger partial charge in [-0.15, -0.1) is 0 Å². The van der Waals surface area contributed by atoms with E-state index in [1.54, 1.807) is 0 Å². The van der Waals surface area contributed by atoms with Gasteiger partial charge in [0.1, 0.15) is 0 Å². The van der Waals surface area contributed by atoms with Gasteiger partial charge in [-0.1, -0.05) is 45.9 Å². The molecule has 0 aliphatic carbocycles. The fourth-order valence-electron chi connectivity index (χ4n) is 2.66. The van der Waals surface area contributed by atoms with Crippen LogP contribution in [0.25, 0.3) is 10.8 Å². The van der Waals surface area contributed by atoms with Crippen LogP contribution in [-0.2, 0) is 0 Å². The zero-order valence-electron chi connectivity index (χ0n) is 13.1. The van der Waals surface area contributed by atoms with Crippen molar-refractivity contribution in [3.63, 3.8) is 0 Å². The zero-order chi connectivity index (χ0) is 14.6. The van der Waals surface area contributed by atoms with Crippen molar-refractivity contribution in [3.8, 4) is 0 Å². The van der Waals surface area contributed by atoms with Crippen molar-refractivity contribution < 1.29 is 0 Å². The van der Waals surface area contributed by atoms with E-state index in [4.69, 9.17) is 0 Å². The molecule has 20 heavy (non-hydrogen) atoms. The zero-order valence-corrected chi connectivity index (χ0v) is 13.1. The fraction of sp³-hybridized carbons (Fsp3) is 0.500. The SMILES string of the molecule is CCCNC(CC(C)(C)C)c1cccc2ccncc12. The third-order valence-corrected chi connectivity index (χ3v) is 3.55. The highest BCUT2D eigenvalue weighted by molar-refractivity contribution is 5.85. The van der Waals surface area contributed by atoms with Gasteiger partial charge in [0.05, 0.1) is 0 Å². The summed E-state index contributed by atoms with van der Waals surface area (Å²) in [4.78, 5) is 4.30. The summed E-state index contributed by atoms with van der Waals surface area (Å²) >= 11 is 0. The average Bonchev–Trinajstić information content (AvgIpc) is 2.41. The standard InChI is InChI=1S/C18H26N2/c1-5-10-20-17(12-18(2,3)4)15-8-6-7-14-9-11-19-13-16(14)15/h6-9,11,13,17,20H,5,10,12H2,1-4H3. The average molecular weight is 270 g/mol. The Kier molecular flexibility index (Phi) is 4.77. The molecule has 1 N–H and O–H groups in total. The van der Waals surface area contributed by atoms with Gasteiger partial charge in [0.25, 0.3) is 0 Å². The minimum absolute atomic E-state index is 0.301. The minimum atomic E-state index is 0.301. The van der Waals surface area contributed by atoms with Crippen LogP contribution in [0.4, 0.5) is 0 Å². The molecule has 2 nitrogen and oxygen atoms in total. The van der Waals surface area contributed by atoms with Crippen molar-refractivity contribution in [1.29, 1.82) is 0 Å². The third-order valence-electron chi connectivity index (χ3n) is 3.55. The van der Waals surface area contributed by atoms with Crippen LogP contribution in [-0.4, -0.2) is 11.5 Å². The third kappa shape index (κ3) is 3.80. The maximum Gasteiger partial charge on any atom is 0.0349 e. The van der Waals surface area contributed by atoms with Gasteiger partial charge >= 0.3 is 0 Å². The number of nitrogens with zero attached hydrogens (tertiary/aromatic N) is 1. The largest absolute Gasteiger partial charge is 0.310 e. The summed E-state index contributed by atoms with van der Waals surface area (Å²) in [6.07, 6.45) is 6.14. The van der Waals surface area contributed by atoms with Crippen LogP contribution >= 0.6 is 0 Å². The Morgan fingerprint density at radius 1 is 1.20 bits per heavy atom. The first-order valence-electron chi connectivity index (χ1n) is 7.57. The maximum atomic E-state index is 4.30. The van der Waals surface area contributed by atoms with Crippen molar-refractivity contribution in [2.45, 2.75) is 46.6 Å². The first-order valence-corrected chi connectivity index (χ1v) is 7.57. The van der Waals surface area contributed by atoms with Crippen LogP contribution in [0.5, 0.6) is 0 Å². The number of rotatable bonds is 5. The molecule has 2 rings (SSSR count). The first kappa shape index (κ1) is 15.0. The summed E-state index contributed by atoms with van der Waals surface area (Å²) < 4.78 is 0. The molecule has 1 aromatic carbocycles. The van der Waals surface area contributed by atoms with Gasteiger partial charge in [-0.2, -0.15) is 0 Å². The lowest BCUT2D eigenvalue weighted by Gasteiger charge is -2.28. The van der Waals surface area contributed by atoms with Crippen LogP contribution in [0.2, 0.25) is 0 Å². The molecule has 0 amide bonds. The highest BCUT2D eigenvalue weighted by Crippen LogP contribution is 2.32. The molecule has 1 aromatic heterocycles. The van der Waals surface area contributed by atoms with Crippen LogP contribution < -0.4 is 5.32 Å². The fourth-order valence-corrected chi connectivity index (χ4v) is 2.66. The summed E-state index contributed by atoms with van der Waals surface area (Å²) in [5, 5.41) is 6.25. The number of fused-ring (bicyclic) bond motifs is 1. The summed E-state index contributed by atoms with van der Waals surface area (Å²) in [5.41, 5.74) is 1.68. The van der Waals surface area contributed by atoms with Crippen molar-refractivity contribution in [2.75, 3.05) is 6.54 Å². The molecule has 0 bridgehead atoms. The molecule has 0 saturated heterocycles. The Balaban J connectivity index is 2.39. The van der Waals surface area contributed by atoms with Crippen LogP contribution in [0, 0.1) is 5.41 Å². The molecule has 0 saturated carbocycles. The summed E-state index contributed by atoms with van der Waals surface area (Å²) in [6.45, 7) is 10.2. The second kappa shape index (κ2) is 6.36. The molecule has 0 spiro atoms. The smallest absolute Gasteiger partial charge is 0.0349 e. The number of pyridine rings is 1. The van der Waals surface area contributed by atoms with Crippen molar-refractivity contribution in [3.05, 3.63) is 42.2 Å². The molecule has 0 radical (unpaired) electrons. The molecule has 2 aromatic rings. The molecule has 0 fully saturated rings. The van der Waals surface area contributed by atoms with Gasteiger partial charge in [-0.3, -0.25) is 4.98 Å². The Labute approximate surface area is 122 Å². The van der Waals surface area contributed by atoms with Gasteiger partial charge in [-0.05, 0) is 41.8 Å².